The first-order valence-electron chi connectivity index (χ1n) is 7.46. The van der Waals surface area contributed by atoms with Gasteiger partial charge in [-0.3, -0.25) is 4.79 Å². The maximum atomic E-state index is 12.4. The van der Waals surface area contributed by atoms with Gasteiger partial charge < -0.3 is 9.88 Å². The lowest BCUT2D eigenvalue weighted by molar-refractivity contribution is 0.498. The number of aromatic nitrogens is 1. The van der Waals surface area contributed by atoms with Crippen LogP contribution >= 0.6 is 0 Å². The van der Waals surface area contributed by atoms with Crippen LogP contribution in [-0.2, 0) is 13.1 Å². The van der Waals surface area contributed by atoms with E-state index in [9.17, 15) is 4.79 Å². The Morgan fingerprint density at radius 2 is 2.05 bits per heavy atom. The Morgan fingerprint density at radius 3 is 2.68 bits per heavy atom. The maximum absolute atomic E-state index is 12.4. The highest BCUT2D eigenvalue weighted by Gasteiger charge is 2.06. The van der Waals surface area contributed by atoms with Gasteiger partial charge in [0.25, 0.3) is 5.56 Å². The van der Waals surface area contributed by atoms with Crippen LogP contribution in [0.5, 0.6) is 0 Å². The first-order chi connectivity index (χ1) is 9.06. The Bertz CT molecular complexity index is 435. The summed E-state index contributed by atoms with van der Waals surface area (Å²) in [5.41, 5.74) is 2.11. The molecule has 0 aliphatic heterocycles. The standard InChI is InChI=1S/C16H28N2O/c1-5-6-10-17-12-15-8-7-14(4)18(16(15)19)11-9-13(2)3/h7-8,13,17H,5-6,9-12H2,1-4H3. The summed E-state index contributed by atoms with van der Waals surface area (Å²) in [6.45, 7) is 11.1. The second-order valence-electron chi connectivity index (χ2n) is 5.67. The quantitative estimate of drug-likeness (QED) is 0.732. The number of rotatable bonds is 8. The predicted molar refractivity (Wildman–Crippen MR) is 81.5 cm³/mol. The van der Waals surface area contributed by atoms with Crippen LogP contribution in [0.2, 0.25) is 0 Å². The number of hydrogen-bond donors (Lipinski definition) is 1. The van der Waals surface area contributed by atoms with E-state index >= 15 is 0 Å². The minimum Gasteiger partial charge on any atom is -0.313 e. The fourth-order valence-corrected chi connectivity index (χ4v) is 2.04. The minimum absolute atomic E-state index is 0.171. The van der Waals surface area contributed by atoms with Crippen LogP contribution in [0.4, 0.5) is 0 Å². The highest BCUT2D eigenvalue weighted by atomic mass is 16.1. The molecule has 19 heavy (non-hydrogen) atoms. The van der Waals surface area contributed by atoms with Crippen molar-refractivity contribution in [3.8, 4) is 0 Å². The molecule has 0 atom stereocenters. The number of aryl methyl sites for hydroxylation is 1. The molecule has 3 nitrogen and oxygen atoms in total. The van der Waals surface area contributed by atoms with Crippen molar-refractivity contribution in [1.29, 1.82) is 0 Å². The van der Waals surface area contributed by atoms with Crippen molar-refractivity contribution in [3.63, 3.8) is 0 Å². The molecule has 0 radical (unpaired) electrons. The summed E-state index contributed by atoms with van der Waals surface area (Å²) < 4.78 is 1.91. The summed E-state index contributed by atoms with van der Waals surface area (Å²) in [6, 6.07) is 4.01. The first-order valence-corrected chi connectivity index (χ1v) is 7.46. The summed E-state index contributed by atoms with van der Waals surface area (Å²) in [6.07, 6.45) is 3.39. The Morgan fingerprint density at radius 1 is 1.32 bits per heavy atom. The Hall–Kier alpha value is -1.09. The third-order valence-corrected chi connectivity index (χ3v) is 3.42. The number of unbranched alkanes of at least 4 members (excludes halogenated alkanes) is 1. The van der Waals surface area contributed by atoms with Gasteiger partial charge in [0.1, 0.15) is 0 Å². The van der Waals surface area contributed by atoms with E-state index in [0.29, 0.717) is 12.5 Å². The predicted octanol–water partition coefficient (Wildman–Crippen LogP) is 3.09. The van der Waals surface area contributed by atoms with E-state index in [2.05, 4.69) is 32.2 Å². The number of pyridine rings is 1. The van der Waals surface area contributed by atoms with Crippen molar-refractivity contribution in [1.82, 2.24) is 9.88 Å². The molecule has 0 spiro atoms. The number of nitrogens with one attached hydrogen (secondary N) is 1. The van der Waals surface area contributed by atoms with E-state index in [1.54, 1.807) is 0 Å². The van der Waals surface area contributed by atoms with Gasteiger partial charge in [0.2, 0.25) is 0 Å². The van der Waals surface area contributed by atoms with Gasteiger partial charge in [0.15, 0.2) is 0 Å². The monoisotopic (exact) mass is 264 g/mol. The topological polar surface area (TPSA) is 34.0 Å². The van der Waals surface area contributed by atoms with Crippen molar-refractivity contribution in [2.24, 2.45) is 5.92 Å². The highest BCUT2D eigenvalue weighted by Crippen LogP contribution is 2.05. The third kappa shape index (κ3) is 5.19. The van der Waals surface area contributed by atoms with Gasteiger partial charge in [-0.05, 0) is 38.3 Å². The van der Waals surface area contributed by atoms with Gasteiger partial charge in [0.05, 0.1) is 0 Å². The lowest BCUT2D eigenvalue weighted by atomic mass is 10.1. The van der Waals surface area contributed by atoms with E-state index in [4.69, 9.17) is 0 Å². The second kappa shape index (κ2) is 8.16. The maximum Gasteiger partial charge on any atom is 0.255 e. The van der Waals surface area contributed by atoms with Crippen LogP contribution in [-0.4, -0.2) is 11.1 Å². The molecule has 0 saturated heterocycles. The van der Waals surface area contributed by atoms with Crippen LogP contribution < -0.4 is 10.9 Å². The second-order valence-corrected chi connectivity index (χ2v) is 5.67. The summed E-state index contributed by atoms with van der Waals surface area (Å²) in [4.78, 5) is 12.4. The molecule has 3 heteroatoms. The zero-order chi connectivity index (χ0) is 14.3. The lowest BCUT2D eigenvalue weighted by Gasteiger charge is -2.13. The molecule has 0 amide bonds. The average Bonchev–Trinajstić information content (AvgIpc) is 2.36. The molecule has 1 aromatic rings. The molecular weight excluding hydrogens is 236 g/mol. The lowest BCUT2D eigenvalue weighted by Crippen LogP contribution is -2.29. The number of nitrogens with zero attached hydrogens (tertiary/aromatic N) is 1. The van der Waals surface area contributed by atoms with Gasteiger partial charge in [0, 0.05) is 24.3 Å². The molecular formula is C16H28N2O. The highest BCUT2D eigenvalue weighted by molar-refractivity contribution is 5.15. The normalized spacial score (nSPS) is 11.2. The van der Waals surface area contributed by atoms with Gasteiger partial charge in [-0.1, -0.05) is 33.3 Å². The van der Waals surface area contributed by atoms with Crippen LogP contribution in [0.15, 0.2) is 16.9 Å². The molecule has 0 unspecified atom stereocenters. The van der Waals surface area contributed by atoms with E-state index in [1.807, 2.05) is 17.6 Å². The van der Waals surface area contributed by atoms with E-state index in [1.165, 1.54) is 6.42 Å². The minimum atomic E-state index is 0.171. The third-order valence-electron chi connectivity index (χ3n) is 3.42. The summed E-state index contributed by atoms with van der Waals surface area (Å²) in [5.74, 6) is 0.623. The number of hydrogen-bond acceptors (Lipinski definition) is 2. The summed E-state index contributed by atoms with van der Waals surface area (Å²) in [7, 11) is 0. The Kier molecular flexibility index (Phi) is 6.85. The molecule has 1 aromatic heterocycles. The van der Waals surface area contributed by atoms with Crippen molar-refractivity contribution < 1.29 is 0 Å². The molecule has 108 valence electrons. The molecule has 0 aliphatic rings. The van der Waals surface area contributed by atoms with Crippen LogP contribution in [0.3, 0.4) is 0 Å². The zero-order valence-electron chi connectivity index (χ0n) is 12.8. The molecule has 0 bridgehead atoms. The molecule has 0 aromatic carbocycles. The largest absolute Gasteiger partial charge is 0.313 e. The van der Waals surface area contributed by atoms with Gasteiger partial charge in [-0.2, -0.15) is 0 Å². The summed E-state index contributed by atoms with van der Waals surface area (Å²) >= 11 is 0. The van der Waals surface area contributed by atoms with Gasteiger partial charge >= 0.3 is 0 Å². The zero-order valence-corrected chi connectivity index (χ0v) is 12.8. The first kappa shape index (κ1) is 16.0. The molecule has 0 aliphatic carbocycles. The van der Waals surface area contributed by atoms with Crippen LogP contribution in [0.25, 0.3) is 0 Å². The Balaban J connectivity index is 2.73. The molecule has 1 heterocycles. The van der Waals surface area contributed by atoms with Crippen molar-refractivity contribution in [2.45, 2.75) is 60.0 Å². The van der Waals surface area contributed by atoms with Crippen molar-refractivity contribution in [3.05, 3.63) is 33.7 Å². The van der Waals surface area contributed by atoms with Crippen LogP contribution in [0.1, 0.15) is 51.3 Å². The van der Waals surface area contributed by atoms with Crippen LogP contribution in [0, 0.1) is 12.8 Å². The van der Waals surface area contributed by atoms with E-state index in [-0.39, 0.29) is 5.56 Å². The van der Waals surface area contributed by atoms with Crippen molar-refractivity contribution >= 4 is 0 Å². The van der Waals surface area contributed by atoms with Gasteiger partial charge in [-0.25, -0.2) is 0 Å². The Labute approximate surface area is 117 Å². The van der Waals surface area contributed by atoms with E-state index < -0.39 is 0 Å². The average molecular weight is 264 g/mol. The van der Waals surface area contributed by atoms with Crippen molar-refractivity contribution in [2.75, 3.05) is 6.54 Å². The fourth-order valence-electron chi connectivity index (χ4n) is 2.04. The molecule has 0 saturated carbocycles. The van der Waals surface area contributed by atoms with Gasteiger partial charge in [-0.15, -0.1) is 0 Å². The summed E-state index contributed by atoms with van der Waals surface area (Å²) in [5, 5.41) is 3.34. The molecule has 1 rings (SSSR count). The fraction of sp³-hybridized carbons (Fsp3) is 0.688. The molecule has 1 N–H and O–H groups in total. The molecule has 0 fully saturated rings. The smallest absolute Gasteiger partial charge is 0.255 e. The van der Waals surface area contributed by atoms with E-state index in [0.717, 1.165) is 37.2 Å². The SMILES string of the molecule is CCCCNCc1ccc(C)n(CCC(C)C)c1=O.